The summed E-state index contributed by atoms with van der Waals surface area (Å²) in [6.07, 6.45) is 9.82. The first kappa shape index (κ1) is 9.85. The lowest BCUT2D eigenvalue weighted by Gasteiger charge is -2.33. The molecule has 1 fully saturated rings. The Morgan fingerprint density at radius 1 is 1.25 bits per heavy atom. The van der Waals surface area contributed by atoms with Gasteiger partial charge in [-0.05, 0) is 30.5 Å². The van der Waals surface area contributed by atoms with Crippen LogP contribution in [-0.2, 0) is 5.54 Å². The Morgan fingerprint density at radius 3 is 2.88 bits per heavy atom. The van der Waals surface area contributed by atoms with Crippen LogP contribution in [0.4, 0.5) is 0 Å². The standard InChI is InChI=1S/C13H17N3/c14-13(5-2-1-3-6-13)10-8-12-11(16-9-10)4-7-15-12/h4,7-9,15H,1-3,5-6,14H2. The first-order valence-corrected chi connectivity index (χ1v) is 6.00. The Morgan fingerprint density at radius 2 is 2.06 bits per heavy atom. The highest BCUT2D eigenvalue weighted by molar-refractivity contribution is 5.75. The van der Waals surface area contributed by atoms with Gasteiger partial charge in [0.25, 0.3) is 0 Å². The number of nitrogens with zero attached hydrogens (tertiary/aromatic N) is 1. The average molecular weight is 215 g/mol. The molecule has 3 nitrogen and oxygen atoms in total. The van der Waals surface area contributed by atoms with Crippen LogP contribution in [-0.4, -0.2) is 9.97 Å². The molecule has 16 heavy (non-hydrogen) atoms. The van der Waals surface area contributed by atoms with Gasteiger partial charge in [0.05, 0.1) is 11.0 Å². The molecule has 0 radical (unpaired) electrons. The largest absolute Gasteiger partial charge is 0.360 e. The predicted octanol–water partition coefficient (Wildman–Crippen LogP) is 2.68. The highest BCUT2D eigenvalue weighted by atomic mass is 14.8. The molecule has 1 saturated carbocycles. The van der Waals surface area contributed by atoms with Crippen LogP contribution in [0.1, 0.15) is 37.7 Å². The van der Waals surface area contributed by atoms with E-state index in [0.29, 0.717) is 0 Å². The Labute approximate surface area is 95.1 Å². The van der Waals surface area contributed by atoms with E-state index in [0.717, 1.165) is 23.9 Å². The molecule has 0 bridgehead atoms. The third-order valence-corrected chi connectivity index (χ3v) is 3.72. The second-order valence-corrected chi connectivity index (χ2v) is 4.85. The summed E-state index contributed by atoms with van der Waals surface area (Å²) < 4.78 is 0. The molecule has 0 aliphatic heterocycles. The van der Waals surface area contributed by atoms with Crippen LogP contribution in [0.15, 0.2) is 24.5 Å². The van der Waals surface area contributed by atoms with Crippen molar-refractivity contribution in [1.29, 1.82) is 0 Å². The SMILES string of the molecule is NC1(c2cnc3cc[nH]c3c2)CCCCC1. The first-order chi connectivity index (χ1) is 7.78. The van der Waals surface area contributed by atoms with Crippen molar-refractivity contribution >= 4 is 11.0 Å². The van der Waals surface area contributed by atoms with Gasteiger partial charge >= 0.3 is 0 Å². The summed E-state index contributed by atoms with van der Waals surface area (Å²) in [6, 6.07) is 4.15. The second-order valence-electron chi connectivity index (χ2n) is 4.85. The molecule has 0 atom stereocenters. The minimum absolute atomic E-state index is 0.148. The van der Waals surface area contributed by atoms with Crippen LogP contribution < -0.4 is 5.73 Å². The van der Waals surface area contributed by atoms with Gasteiger partial charge in [-0.3, -0.25) is 4.98 Å². The molecule has 3 N–H and O–H groups in total. The number of rotatable bonds is 1. The molecule has 3 heteroatoms. The zero-order chi connectivity index (χ0) is 11.0. The number of nitrogens with two attached hydrogens (primary N) is 1. The second kappa shape index (κ2) is 3.59. The normalized spacial score (nSPS) is 20.1. The maximum atomic E-state index is 6.49. The number of nitrogens with one attached hydrogen (secondary N) is 1. The molecule has 0 amide bonds. The maximum Gasteiger partial charge on any atom is 0.0878 e. The molecule has 2 heterocycles. The topological polar surface area (TPSA) is 54.7 Å². The monoisotopic (exact) mass is 215 g/mol. The Bertz CT molecular complexity index is 495. The van der Waals surface area contributed by atoms with Gasteiger partial charge in [-0.15, -0.1) is 0 Å². The van der Waals surface area contributed by atoms with Crippen molar-refractivity contribution in [3.63, 3.8) is 0 Å². The number of aromatic nitrogens is 2. The van der Waals surface area contributed by atoms with Crippen molar-refractivity contribution < 1.29 is 0 Å². The zero-order valence-corrected chi connectivity index (χ0v) is 9.37. The molecule has 0 aromatic carbocycles. The summed E-state index contributed by atoms with van der Waals surface area (Å²) >= 11 is 0. The molecule has 0 saturated heterocycles. The summed E-state index contributed by atoms with van der Waals surface area (Å²) in [5.41, 5.74) is 9.63. The Hall–Kier alpha value is -1.35. The van der Waals surface area contributed by atoms with Crippen molar-refractivity contribution in [1.82, 2.24) is 9.97 Å². The van der Waals surface area contributed by atoms with Gasteiger partial charge < -0.3 is 10.7 Å². The van der Waals surface area contributed by atoms with E-state index in [1.54, 1.807) is 0 Å². The summed E-state index contributed by atoms with van der Waals surface area (Å²) in [5.74, 6) is 0. The van der Waals surface area contributed by atoms with E-state index in [4.69, 9.17) is 5.73 Å². The van der Waals surface area contributed by atoms with Gasteiger partial charge in [-0.1, -0.05) is 19.3 Å². The van der Waals surface area contributed by atoms with Crippen molar-refractivity contribution in [2.24, 2.45) is 5.73 Å². The molecule has 2 aromatic heterocycles. The van der Waals surface area contributed by atoms with Crippen LogP contribution >= 0.6 is 0 Å². The summed E-state index contributed by atoms with van der Waals surface area (Å²) in [6.45, 7) is 0. The first-order valence-electron chi connectivity index (χ1n) is 6.00. The molecule has 84 valence electrons. The van der Waals surface area contributed by atoms with Gasteiger partial charge in [0.1, 0.15) is 0 Å². The quantitative estimate of drug-likeness (QED) is 0.768. The molecule has 0 unspecified atom stereocenters. The number of hydrogen-bond acceptors (Lipinski definition) is 2. The number of H-pyrrole nitrogens is 1. The summed E-state index contributed by atoms with van der Waals surface area (Å²) in [4.78, 5) is 7.65. The fourth-order valence-electron chi connectivity index (χ4n) is 2.68. The molecule has 1 aliphatic rings. The molecular weight excluding hydrogens is 198 g/mol. The third kappa shape index (κ3) is 1.52. The van der Waals surface area contributed by atoms with Gasteiger partial charge in [-0.2, -0.15) is 0 Å². The highest BCUT2D eigenvalue weighted by Gasteiger charge is 2.29. The Kier molecular flexibility index (Phi) is 2.21. The zero-order valence-electron chi connectivity index (χ0n) is 9.37. The fraction of sp³-hybridized carbons (Fsp3) is 0.462. The number of aromatic amines is 1. The summed E-state index contributed by atoms with van der Waals surface area (Å²) in [7, 11) is 0. The summed E-state index contributed by atoms with van der Waals surface area (Å²) in [5, 5.41) is 0. The van der Waals surface area contributed by atoms with Gasteiger partial charge in [0, 0.05) is 17.9 Å². The molecule has 3 rings (SSSR count). The van der Waals surface area contributed by atoms with E-state index in [9.17, 15) is 0 Å². The van der Waals surface area contributed by atoms with E-state index in [2.05, 4.69) is 16.0 Å². The maximum absolute atomic E-state index is 6.49. The van der Waals surface area contributed by atoms with Gasteiger partial charge in [-0.25, -0.2) is 0 Å². The van der Waals surface area contributed by atoms with Crippen molar-refractivity contribution in [2.75, 3.05) is 0 Å². The van der Waals surface area contributed by atoms with E-state index in [1.807, 2.05) is 18.5 Å². The van der Waals surface area contributed by atoms with Gasteiger partial charge in [0.15, 0.2) is 0 Å². The van der Waals surface area contributed by atoms with Crippen LogP contribution in [0, 0.1) is 0 Å². The number of hydrogen-bond donors (Lipinski definition) is 2. The minimum atomic E-state index is -0.148. The van der Waals surface area contributed by atoms with Crippen LogP contribution in [0.3, 0.4) is 0 Å². The van der Waals surface area contributed by atoms with Crippen LogP contribution in [0.5, 0.6) is 0 Å². The average Bonchev–Trinajstić information content (AvgIpc) is 2.77. The highest BCUT2D eigenvalue weighted by Crippen LogP contribution is 2.35. The fourth-order valence-corrected chi connectivity index (χ4v) is 2.68. The van der Waals surface area contributed by atoms with Crippen LogP contribution in [0.2, 0.25) is 0 Å². The van der Waals surface area contributed by atoms with Crippen molar-refractivity contribution in [3.05, 3.63) is 30.1 Å². The molecular formula is C13H17N3. The lowest BCUT2D eigenvalue weighted by molar-refractivity contribution is 0.302. The lowest BCUT2D eigenvalue weighted by Crippen LogP contribution is -2.38. The Balaban J connectivity index is 2.03. The predicted molar refractivity (Wildman–Crippen MR) is 65.0 cm³/mol. The number of fused-ring (bicyclic) bond motifs is 1. The van der Waals surface area contributed by atoms with Crippen molar-refractivity contribution in [2.45, 2.75) is 37.6 Å². The number of pyridine rings is 1. The lowest BCUT2D eigenvalue weighted by atomic mass is 9.78. The van der Waals surface area contributed by atoms with Gasteiger partial charge in [0.2, 0.25) is 0 Å². The third-order valence-electron chi connectivity index (χ3n) is 3.72. The van der Waals surface area contributed by atoms with E-state index >= 15 is 0 Å². The van der Waals surface area contributed by atoms with E-state index in [1.165, 1.54) is 24.8 Å². The van der Waals surface area contributed by atoms with E-state index in [-0.39, 0.29) is 5.54 Å². The molecule has 0 spiro atoms. The van der Waals surface area contributed by atoms with Crippen molar-refractivity contribution in [3.8, 4) is 0 Å². The molecule has 2 aromatic rings. The van der Waals surface area contributed by atoms with Crippen LogP contribution in [0.25, 0.3) is 11.0 Å². The van der Waals surface area contributed by atoms with E-state index < -0.39 is 0 Å². The molecule has 1 aliphatic carbocycles. The smallest absolute Gasteiger partial charge is 0.0878 e. The minimum Gasteiger partial charge on any atom is -0.360 e.